The molecule has 36 heavy (non-hydrogen) atoms. The van der Waals surface area contributed by atoms with Crippen molar-refractivity contribution in [3.05, 3.63) is 59.8 Å². The normalized spacial score (nSPS) is 17.1. The van der Waals surface area contributed by atoms with Gasteiger partial charge in [-0.15, -0.1) is 0 Å². The Bertz CT molecular complexity index is 1240. The fraction of sp³-hybridized carbons (Fsp3) is 0.414. The minimum Gasteiger partial charge on any atom is -0.465 e. The zero-order chi connectivity index (χ0) is 25.3. The van der Waals surface area contributed by atoms with E-state index < -0.39 is 11.5 Å². The van der Waals surface area contributed by atoms with E-state index in [1.54, 1.807) is 6.92 Å². The molecule has 7 nitrogen and oxygen atoms in total. The number of hydrogen-bond acceptors (Lipinski definition) is 6. The molecule has 0 bridgehead atoms. The molecular weight excluding hydrogens is 456 g/mol. The number of aryl methyl sites for hydroxylation is 1. The van der Waals surface area contributed by atoms with Gasteiger partial charge in [0, 0.05) is 5.56 Å². The molecule has 2 aromatic carbocycles. The molecule has 1 N–H and O–H groups in total. The molecule has 0 aliphatic heterocycles. The highest BCUT2D eigenvalue weighted by Gasteiger charge is 2.52. The molecule has 1 aromatic heterocycles. The first-order valence-corrected chi connectivity index (χ1v) is 12.7. The molecule has 0 spiro atoms. The van der Waals surface area contributed by atoms with E-state index in [1.807, 2.05) is 62.4 Å². The smallest absolute Gasteiger partial charge is 0.412 e. The van der Waals surface area contributed by atoms with Crippen molar-refractivity contribution in [2.24, 2.45) is 5.92 Å². The second kappa shape index (κ2) is 9.80. The molecule has 0 saturated heterocycles. The van der Waals surface area contributed by atoms with Gasteiger partial charge in [-0.25, -0.2) is 4.79 Å². The third kappa shape index (κ3) is 4.62. The summed E-state index contributed by atoms with van der Waals surface area (Å²) < 4.78 is 16.4. The highest BCUT2D eigenvalue weighted by Crippen LogP contribution is 2.49. The summed E-state index contributed by atoms with van der Waals surface area (Å²) in [6, 6.07) is 16.0. The van der Waals surface area contributed by atoms with Crippen molar-refractivity contribution >= 4 is 17.7 Å². The molecule has 1 atom stereocenters. The Balaban J connectivity index is 1.29. The van der Waals surface area contributed by atoms with Crippen molar-refractivity contribution < 1.29 is 23.6 Å². The highest BCUT2D eigenvalue weighted by atomic mass is 16.6. The number of carbonyl (C=O) groups excluding carboxylic acids is 2. The number of carbonyl (C=O) groups is 2. The maximum atomic E-state index is 12.5. The van der Waals surface area contributed by atoms with Crippen LogP contribution in [0.15, 0.2) is 53.1 Å². The van der Waals surface area contributed by atoms with Gasteiger partial charge in [0.15, 0.2) is 5.76 Å². The van der Waals surface area contributed by atoms with E-state index in [0.29, 0.717) is 29.7 Å². The summed E-state index contributed by atoms with van der Waals surface area (Å²) in [7, 11) is 0. The minimum atomic E-state index is -0.491. The number of hydrogen-bond donors (Lipinski definition) is 1. The van der Waals surface area contributed by atoms with E-state index >= 15 is 0 Å². The first kappa shape index (κ1) is 24.1. The second-order valence-electron chi connectivity index (χ2n) is 9.86. The topological polar surface area (TPSA) is 90.7 Å². The molecule has 1 amide bonds. The number of benzene rings is 2. The summed E-state index contributed by atoms with van der Waals surface area (Å²) >= 11 is 0. The lowest BCUT2D eigenvalue weighted by Gasteiger charge is -2.30. The SMILES string of the molecule is CCOC(=O)C1(c2ccc(-c3ccc(-c4onc(C)c4NC(=O)OC(C)C4CCC4)cc3)cc2)CC1. The number of rotatable bonds is 8. The summed E-state index contributed by atoms with van der Waals surface area (Å²) in [5.74, 6) is 0.809. The first-order valence-electron chi connectivity index (χ1n) is 12.7. The standard InChI is InChI=1S/C29H32N2O5/c1-4-34-27(32)29(16-17-29)24-14-12-22(13-15-24)21-8-10-23(11-9-21)26-25(18(2)31-36-26)30-28(33)35-19(3)20-6-5-7-20/h8-15,19-20H,4-7,16-17H2,1-3H3,(H,30,33). The minimum absolute atomic E-state index is 0.111. The lowest BCUT2D eigenvalue weighted by Crippen LogP contribution is -2.30. The quantitative estimate of drug-likeness (QED) is 0.357. The molecule has 188 valence electrons. The average molecular weight is 489 g/mol. The molecule has 1 unspecified atom stereocenters. The number of nitrogens with zero attached hydrogens (tertiary/aromatic N) is 1. The number of amides is 1. The summed E-state index contributed by atoms with van der Waals surface area (Å²) in [5, 5.41) is 6.88. The van der Waals surface area contributed by atoms with E-state index in [4.69, 9.17) is 14.0 Å². The van der Waals surface area contributed by atoms with E-state index in [1.165, 1.54) is 6.42 Å². The molecule has 2 aliphatic carbocycles. The van der Waals surface area contributed by atoms with Crippen molar-refractivity contribution in [1.29, 1.82) is 0 Å². The van der Waals surface area contributed by atoms with Crippen LogP contribution in [0, 0.1) is 12.8 Å². The van der Waals surface area contributed by atoms with Crippen LogP contribution in [0.4, 0.5) is 10.5 Å². The molecule has 3 aromatic rings. The van der Waals surface area contributed by atoms with Gasteiger partial charge in [0.1, 0.15) is 17.5 Å². The van der Waals surface area contributed by atoms with Crippen LogP contribution in [0.5, 0.6) is 0 Å². The third-order valence-electron chi connectivity index (χ3n) is 7.53. The summed E-state index contributed by atoms with van der Waals surface area (Å²) in [6.45, 7) is 5.96. The highest BCUT2D eigenvalue weighted by molar-refractivity contribution is 5.91. The monoisotopic (exact) mass is 488 g/mol. The summed E-state index contributed by atoms with van der Waals surface area (Å²) in [4.78, 5) is 24.9. The molecule has 2 saturated carbocycles. The van der Waals surface area contributed by atoms with Gasteiger partial charge in [0.05, 0.1) is 12.0 Å². The van der Waals surface area contributed by atoms with Crippen molar-refractivity contribution in [3.63, 3.8) is 0 Å². The van der Waals surface area contributed by atoms with Gasteiger partial charge in [0.25, 0.3) is 0 Å². The zero-order valence-corrected chi connectivity index (χ0v) is 21.0. The van der Waals surface area contributed by atoms with E-state index in [-0.39, 0.29) is 12.1 Å². The van der Waals surface area contributed by atoms with Crippen LogP contribution < -0.4 is 5.32 Å². The van der Waals surface area contributed by atoms with Crippen LogP contribution in [0.1, 0.15) is 57.2 Å². The Morgan fingerprint density at radius 2 is 1.67 bits per heavy atom. The number of ether oxygens (including phenoxy) is 2. The van der Waals surface area contributed by atoms with Crippen LogP contribution in [0.3, 0.4) is 0 Å². The van der Waals surface area contributed by atoms with Crippen molar-refractivity contribution in [2.75, 3.05) is 11.9 Å². The largest absolute Gasteiger partial charge is 0.465 e. The average Bonchev–Trinajstić information content (AvgIpc) is 3.58. The molecule has 0 radical (unpaired) electrons. The van der Waals surface area contributed by atoms with Gasteiger partial charge < -0.3 is 14.0 Å². The maximum absolute atomic E-state index is 12.5. The first-order chi connectivity index (χ1) is 17.4. The number of aromatic nitrogens is 1. The fourth-order valence-electron chi connectivity index (χ4n) is 4.82. The predicted molar refractivity (Wildman–Crippen MR) is 137 cm³/mol. The molecular formula is C29H32N2O5. The van der Waals surface area contributed by atoms with Crippen LogP contribution in [-0.2, 0) is 19.7 Å². The lowest BCUT2D eigenvalue weighted by atomic mass is 9.82. The molecule has 1 heterocycles. The number of anilines is 1. The van der Waals surface area contributed by atoms with Crippen LogP contribution in [-0.4, -0.2) is 29.9 Å². The van der Waals surface area contributed by atoms with Gasteiger partial charge in [-0.3, -0.25) is 10.1 Å². The molecule has 5 rings (SSSR count). The van der Waals surface area contributed by atoms with Gasteiger partial charge in [0.2, 0.25) is 0 Å². The Hall–Kier alpha value is -3.61. The Morgan fingerprint density at radius 1 is 1.06 bits per heavy atom. The van der Waals surface area contributed by atoms with Crippen molar-refractivity contribution in [3.8, 4) is 22.5 Å². The van der Waals surface area contributed by atoms with E-state index in [9.17, 15) is 9.59 Å². The fourth-order valence-corrected chi connectivity index (χ4v) is 4.82. The van der Waals surface area contributed by atoms with E-state index in [2.05, 4.69) is 10.5 Å². The maximum Gasteiger partial charge on any atom is 0.412 e. The van der Waals surface area contributed by atoms with Crippen LogP contribution in [0.2, 0.25) is 0 Å². The van der Waals surface area contributed by atoms with E-state index in [0.717, 1.165) is 47.9 Å². The van der Waals surface area contributed by atoms with Crippen LogP contribution >= 0.6 is 0 Å². The summed E-state index contributed by atoms with van der Waals surface area (Å²) in [5.41, 5.74) is 4.53. The Morgan fingerprint density at radius 3 is 2.22 bits per heavy atom. The third-order valence-corrected chi connectivity index (χ3v) is 7.53. The van der Waals surface area contributed by atoms with Crippen LogP contribution in [0.25, 0.3) is 22.5 Å². The van der Waals surface area contributed by atoms with Gasteiger partial charge in [-0.05, 0) is 69.1 Å². The Kier molecular flexibility index (Phi) is 6.56. The molecule has 2 aliphatic rings. The number of esters is 1. The molecule has 7 heteroatoms. The molecule has 2 fully saturated rings. The van der Waals surface area contributed by atoms with Crippen molar-refractivity contribution in [2.45, 2.75) is 64.4 Å². The predicted octanol–water partition coefficient (Wildman–Crippen LogP) is 6.65. The van der Waals surface area contributed by atoms with Crippen molar-refractivity contribution in [1.82, 2.24) is 5.16 Å². The number of nitrogens with one attached hydrogen (secondary N) is 1. The van der Waals surface area contributed by atoms with Gasteiger partial charge >= 0.3 is 12.1 Å². The van der Waals surface area contributed by atoms with Gasteiger partial charge in [-0.2, -0.15) is 0 Å². The second-order valence-corrected chi connectivity index (χ2v) is 9.86. The Labute approximate surface area is 211 Å². The van der Waals surface area contributed by atoms with Gasteiger partial charge in [-0.1, -0.05) is 60.1 Å². The lowest BCUT2D eigenvalue weighted by molar-refractivity contribution is -0.146. The summed E-state index contributed by atoms with van der Waals surface area (Å²) in [6.07, 6.45) is 4.47. The zero-order valence-electron chi connectivity index (χ0n) is 21.0.